The summed E-state index contributed by atoms with van der Waals surface area (Å²) in [4.78, 5) is 12.6. The average molecular weight is 330 g/mol. The minimum atomic E-state index is -0.851. The number of piperidine rings is 1. The van der Waals surface area contributed by atoms with E-state index in [2.05, 4.69) is 5.10 Å². The molecule has 2 aromatic rings. The minimum Gasteiger partial charge on any atom is -0.495 e. The number of hydrogen-bond donors (Lipinski definition) is 2. The SMILES string of the molecule is COc1cc(C2CCN(C(=O)O)CC2)c(-c2cnn(C)c2)cc1N. The van der Waals surface area contributed by atoms with Crippen molar-refractivity contribution in [3.63, 3.8) is 0 Å². The summed E-state index contributed by atoms with van der Waals surface area (Å²) in [6.45, 7) is 1.08. The highest BCUT2D eigenvalue weighted by atomic mass is 16.5. The summed E-state index contributed by atoms with van der Waals surface area (Å²) in [5.74, 6) is 0.920. The average Bonchev–Trinajstić information content (AvgIpc) is 3.01. The Hall–Kier alpha value is -2.70. The molecule has 7 nitrogen and oxygen atoms in total. The molecule has 128 valence electrons. The van der Waals surface area contributed by atoms with E-state index < -0.39 is 6.09 Å². The molecular formula is C17H22N4O3. The number of anilines is 1. The number of likely N-dealkylation sites (tertiary alicyclic amines) is 1. The van der Waals surface area contributed by atoms with Crippen molar-refractivity contribution >= 4 is 11.8 Å². The van der Waals surface area contributed by atoms with Gasteiger partial charge in [0.05, 0.1) is 19.0 Å². The maximum atomic E-state index is 11.1. The Labute approximate surface area is 140 Å². The van der Waals surface area contributed by atoms with Crippen LogP contribution >= 0.6 is 0 Å². The Balaban J connectivity index is 1.98. The van der Waals surface area contributed by atoms with E-state index in [9.17, 15) is 4.79 Å². The number of hydrogen-bond acceptors (Lipinski definition) is 4. The maximum absolute atomic E-state index is 11.1. The first-order valence-corrected chi connectivity index (χ1v) is 7.94. The highest BCUT2D eigenvalue weighted by Crippen LogP contribution is 2.40. The first-order chi connectivity index (χ1) is 11.5. The molecule has 7 heteroatoms. The zero-order valence-electron chi connectivity index (χ0n) is 13.9. The number of carboxylic acid groups (broad SMARTS) is 1. The van der Waals surface area contributed by atoms with Gasteiger partial charge < -0.3 is 20.5 Å². The molecule has 0 unspecified atom stereocenters. The van der Waals surface area contributed by atoms with Crippen LogP contribution in [0.1, 0.15) is 24.3 Å². The molecule has 0 atom stereocenters. The molecule has 1 aromatic heterocycles. The van der Waals surface area contributed by atoms with Crippen molar-refractivity contribution in [2.45, 2.75) is 18.8 Å². The topological polar surface area (TPSA) is 93.6 Å². The van der Waals surface area contributed by atoms with Crippen molar-refractivity contribution < 1.29 is 14.6 Å². The summed E-state index contributed by atoms with van der Waals surface area (Å²) in [6, 6.07) is 3.91. The van der Waals surface area contributed by atoms with Gasteiger partial charge in [0.25, 0.3) is 0 Å². The third kappa shape index (κ3) is 3.02. The van der Waals surface area contributed by atoms with Crippen molar-refractivity contribution in [1.82, 2.24) is 14.7 Å². The Morgan fingerprint density at radius 3 is 2.62 bits per heavy atom. The van der Waals surface area contributed by atoms with E-state index >= 15 is 0 Å². The fraction of sp³-hybridized carbons (Fsp3) is 0.412. The molecule has 1 saturated heterocycles. The fourth-order valence-electron chi connectivity index (χ4n) is 3.32. The van der Waals surface area contributed by atoms with Gasteiger partial charge >= 0.3 is 6.09 Å². The van der Waals surface area contributed by atoms with Gasteiger partial charge in [-0.25, -0.2) is 4.79 Å². The Morgan fingerprint density at radius 2 is 2.08 bits per heavy atom. The zero-order chi connectivity index (χ0) is 17.3. The van der Waals surface area contributed by atoms with Crippen LogP contribution in [0, 0.1) is 0 Å². The first-order valence-electron chi connectivity index (χ1n) is 7.94. The number of carbonyl (C=O) groups is 1. The lowest BCUT2D eigenvalue weighted by Gasteiger charge is -2.31. The number of nitrogen functional groups attached to an aromatic ring is 1. The predicted octanol–water partition coefficient (Wildman–Crippen LogP) is 2.54. The summed E-state index contributed by atoms with van der Waals surface area (Å²) < 4.78 is 7.14. The highest BCUT2D eigenvalue weighted by molar-refractivity contribution is 5.74. The van der Waals surface area contributed by atoms with Crippen molar-refractivity contribution in [3.8, 4) is 16.9 Å². The third-order valence-electron chi connectivity index (χ3n) is 4.62. The lowest BCUT2D eigenvalue weighted by Crippen LogP contribution is -2.36. The summed E-state index contributed by atoms with van der Waals surface area (Å²) in [5.41, 5.74) is 9.86. The molecule has 3 N–H and O–H groups in total. The summed E-state index contributed by atoms with van der Waals surface area (Å²) in [5, 5.41) is 13.4. The summed E-state index contributed by atoms with van der Waals surface area (Å²) in [6.07, 6.45) is 4.49. The lowest BCUT2D eigenvalue weighted by molar-refractivity contribution is 0.132. The van der Waals surface area contributed by atoms with E-state index in [1.807, 2.05) is 31.6 Å². The molecule has 1 amide bonds. The fourth-order valence-corrected chi connectivity index (χ4v) is 3.32. The molecule has 1 fully saturated rings. The third-order valence-corrected chi connectivity index (χ3v) is 4.62. The number of amides is 1. The van der Waals surface area contributed by atoms with Crippen LogP contribution < -0.4 is 10.5 Å². The van der Waals surface area contributed by atoms with E-state index in [1.54, 1.807) is 11.8 Å². The number of aromatic nitrogens is 2. The van der Waals surface area contributed by atoms with Gasteiger partial charge in [-0.1, -0.05) is 0 Å². The van der Waals surface area contributed by atoms with Crippen molar-refractivity contribution in [2.75, 3.05) is 25.9 Å². The first kappa shape index (κ1) is 16.2. The Morgan fingerprint density at radius 1 is 1.38 bits per heavy atom. The standard InChI is InChI=1S/C17H22N4O3/c1-20-10-12(9-19-20)13-7-15(18)16(24-2)8-14(13)11-3-5-21(6-4-11)17(22)23/h7-11H,3-6,18H2,1-2H3,(H,22,23). The number of ether oxygens (including phenoxy) is 1. The zero-order valence-corrected chi connectivity index (χ0v) is 13.9. The van der Waals surface area contributed by atoms with Crippen LogP contribution in [0.5, 0.6) is 5.75 Å². The van der Waals surface area contributed by atoms with E-state index in [1.165, 1.54) is 4.90 Å². The van der Waals surface area contributed by atoms with Gasteiger partial charge in [0.2, 0.25) is 0 Å². The second-order valence-corrected chi connectivity index (χ2v) is 6.13. The van der Waals surface area contributed by atoms with Gasteiger partial charge in [0.1, 0.15) is 5.75 Å². The number of nitrogens with zero attached hydrogens (tertiary/aromatic N) is 3. The molecule has 1 aliphatic rings. The second-order valence-electron chi connectivity index (χ2n) is 6.13. The van der Waals surface area contributed by atoms with Crippen LogP contribution in [0.2, 0.25) is 0 Å². The molecule has 0 saturated carbocycles. The number of rotatable bonds is 3. The van der Waals surface area contributed by atoms with Gasteiger partial charge in [0, 0.05) is 31.9 Å². The largest absolute Gasteiger partial charge is 0.495 e. The van der Waals surface area contributed by atoms with Gasteiger partial charge in [-0.15, -0.1) is 0 Å². The van der Waals surface area contributed by atoms with Gasteiger partial charge in [-0.3, -0.25) is 4.68 Å². The quantitative estimate of drug-likeness (QED) is 0.844. The molecule has 0 bridgehead atoms. The maximum Gasteiger partial charge on any atom is 0.407 e. The van der Waals surface area contributed by atoms with E-state index in [0.717, 1.165) is 29.5 Å². The molecule has 2 heterocycles. The normalized spacial score (nSPS) is 15.5. The highest BCUT2D eigenvalue weighted by Gasteiger charge is 2.26. The van der Waals surface area contributed by atoms with E-state index in [0.29, 0.717) is 24.5 Å². The molecule has 0 spiro atoms. The van der Waals surface area contributed by atoms with E-state index in [4.69, 9.17) is 15.6 Å². The van der Waals surface area contributed by atoms with Gasteiger partial charge in [-0.2, -0.15) is 5.10 Å². The number of nitrogens with two attached hydrogens (primary N) is 1. The van der Waals surface area contributed by atoms with Crippen molar-refractivity contribution in [1.29, 1.82) is 0 Å². The van der Waals surface area contributed by atoms with Crippen LogP contribution in [0.3, 0.4) is 0 Å². The minimum absolute atomic E-state index is 0.269. The van der Waals surface area contributed by atoms with Gasteiger partial charge in [-0.05, 0) is 42.0 Å². The molecular weight excluding hydrogens is 308 g/mol. The lowest BCUT2D eigenvalue weighted by atomic mass is 9.84. The molecule has 24 heavy (non-hydrogen) atoms. The van der Waals surface area contributed by atoms with E-state index in [-0.39, 0.29) is 5.92 Å². The van der Waals surface area contributed by atoms with Crippen LogP contribution in [0.25, 0.3) is 11.1 Å². The molecule has 0 aliphatic carbocycles. The summed E-state index contributed by atoms with van der Waals surface area (Å²) in [7, 11) is 3.48. The van der Waals surface area contributed by atoms with Crippen LogP contribution in [0.4, 0.5) is 10.5 Å². The monoisotopic (exact) mass is 330 g/mol. The van der Waals surface area contributed by atoms with Crippen LogP contribution in [-0.4, -0.2) is 46.1 Å². The Kier molecular flexibility index (Phi) is 4.33. The molecule has 0 radical (unpaired) electrons. The van der Waals surface area contributed by atoms with Crippen LogP contribution in [-0.2, 0) is 7.05 Å². The molecule has 1 aromatic carbocycles. The Bertz CT molecular complexity index is 748. The van der Waals surface area contributed by atoms with Gasteiger partial charge in [0.15, 0.2) is 0 Å². The van der Waals surface area contributed by atoms with Crippen LogP contribution in [0.15, 0.2) is 24.5 Å². The number of aryl methyl sites for hydroxylation is 1. The smallest absolute Gasteiger partial charge is 0.407 e. The van der Waals surface area contributed by atoms with Crippen molar-refractivity contribution in [3.05, 3.63) is 30.1 Å². The predicted molar refractivity (Wildman–Crippen MR) is 91.2 cm³/mol. The molecule has 1 aliphatic heterocycles. The number of methoxy groups -OCH3 is 1. The second kappa shape index (κ2) is 6.43. The number of benzene rings is 1. The molecule has 3 rings (SSSR count). The summed E-state index contributed by atoms with van der Waals surface area (Å²) >= 11 is 0. The van der Waals surface area contributed by atoms with Crippen molar-refractivity contribution in [2.24, 2.45) is 7.05 Å².